The van der Waals surface area contributed by atoms with Crippen LogP contribution in [0.4, 0.5) is 0 Å². The van der Waals surface area contributed by atoms with E-state index in [9.17, 15) is 5.26 Å². The fraction of sp³-hybridized carbons (Fsp3) is 0.0909. The lowest BCUT2D eigenvalue weighted by Crippen LogP contribution is -1.89. The topological polar surface area (TPSA) is 52.5 Å². The Morgan fingerprint density at radius 1 is 0.963 bits per heavy atom. The second-order valence-corrected chi connectivity index (χ2v) is 6.55. The summed E-state index contributed by atoms with van der Waals surface area (Å²) in [5.74, 6) is 0. The van der Waals surface area contributed by atoms with Crippen molar-refractivity contribution in [1.29, 1.82) is 10.5 Å². The minimum absolute atomic E-state index is 0.456. The van der Waals surface area contributed by atoms with Crippen molar-refractivity contribution in [3.63, 3.8) is 0 Å². The van der Waals surface area contributed by atoms with Crippen LogP contribution in [-0.4, -0.2) is 4.57 Å². The van der Waals surface area contributed by atoms with Crippen LogP contribution < -0.4 is 0 Å². The van der Waals surface area contributed by atoms with Gasteiger partial charge in [0.2, 0.25) is 0 Å². The Morgan fingerprint density at radius 3 is 2.04 bits per heavy atom. The van der Waals surface area contributed by atoms with Gasteiger partial charge in [0.15, 0.2) is 0 Å². The molecule has 0 aliphatic heterocycles. The summed E-state index contributed by atoms with van der Waals surface area (Å²) in [5, 5.41) is 18.9. The van der Waals surface area contributed by atoms with Crippen LogP contribution in [0.3, 0.4) is 0 Å². The van der Waals surface area contributed by atoms with Gasteiger partial charge >= 0.3 is 0 Å². The van der Waals surface area contributed by atoms with E-state index in [1.807, 2.05) is 60.3 Å². The number of hydrogen-bond acceptors (Lipinski definition) is 2. The zero-order chi connectivity index (χ0) is 19.6. The summed E-state index contributed by atoms with van der Waals surface area (Å²) >= 11 is 11.4. The average Bonchev–Trinajstić information content (AvgIpc) is 3.08. The maximum absolute atomic E-state index is 9.18. The van der Waals surface area contributed by atoms with Crippen LogP contribution in [0.25, 0.3) is 11.6 Å². The molecule has 1 heterocycles. The van der Waals surface area contributed by atoms with Crippen molar-refractivity contribution in [1.82, 2.24) is 4.57 Å². The lowest BCUT2D eigenvalue weighted by atomic mass is 10.1. The Kier molecular flexibility index (Phi) is 7.71. The lowest BCUT2D eigenvalue weighted by molar-refractivity contribution is 0.915. The Bertz CT molecular complexity index is 986. The molecule has 3 rings (SSSR count). The molecular formula is C22H17Cl2N3. The molecule has 3 aromatic rings. The monoisotopic (exact) mass is 393 g/mol. The predicted octanol–water partition coefficient (Wildman–Crippen LogP) is 6.15. The molecule has 0 aliphatic rings. The normalized spacial score (nSPS) is 10.3. The van der Waals surface area contributed by atoms with Gasteiger partial charge in [0, 0.05) is 29.0 Å². The van der Waals surface area contributed by atoms with E-state index in [1.165, 1.54) is 0 Å². The Morgan fingerprint density at radius 2 is 1.56 bits per heavy atom. The van der Waals surface area contributed by atoms with Gasteiger partial charge < -0.3 is 4.57 Å². The van der Waals surface area contributed by atoms with Gasteiger partial charge in [-0.1, -0.05) is 47.5 Å². The van der Waals surface area contributed by atoms with E-state index in [1.54, 1.807) is 24.3 Å². The molecule has 0 N–H and O–H groups in total. The number of nitriles is 2. The molecule has 0 atom stereocenters. The first kappa shape index (κ1) is 20.3. The van der Waals surface area contributed by atoms with Crippen LogP contribution in [0.1, 0.15) is 16.8 Å². The summed E-state index contributed by atoms with van der Waals surface area (Å²) in [7, 11) is 1.95. The van der Waals surface area contributed by atoms with Crippen molar-refractivity contribution in [2.45, 2.75) is 6.42 Å². The summed E-state index contributed by atoms with van der Waals surface area (Å²) < 4.78 is 1.97. The third-order valence-electron chi connectivity index (χ3n) is 3.75. The van der Waals surface area contributed by atoms with Crippen molar-refractivity contribution in [3.8, 4) is 12.1 Å². The van der Waals surface area contributed by atoms with Crippen molar-refractivity contribution >= 4 is 34.9 Å². The molecular weight excluding hydrogens is 377 g/mol. The van der Waals surface area contributed by atoms with Gasteiger partial charge in [0.05, 0.1) is 24.1 Å². The van der Waals surface area contributed by atoms with Gasteiger partial charge in [-0.05, 0) is 53.6 Å². The summed E-state index contributed by atoms with van der Waals surface area (Å²) in [4.78, 5) is 0. The SMILES string of the molecule is Cn1cccc1/C=C(\C#N)c1ccc(Cl)cc1.N#CCc1ccc(Cl)cc1. The van der Waals surface area contributed by atoms with Crippen LogP contribution in [0.2, 0.25) is 10.0 Å². The van der Waals surface area contributed by atoms with Crippen molar-refractivity contribution in [3.05, 3.63) is 93.7 Å². The van der Waals surface area contributed by atoms with Gasteiger partial charge in [-0.3, -0.25) is 0 Å². The summed E-state index contributed by atoms with van der Waals surface area (Å²) in [5.41, 5.74) is 3.50. The summed E-state index contributed by atoms with van der Waals surface area (Å²) in [6, 6.07) is 22.7. The van der Waals surface area contributed by atoms with E-state index in [2.05, 4.69) is 12.1 Å². The van der Waals surface area contributed by atoms with Crippen LogP contribution in [0.15, 0.2) is 66.9 Å². The molecule has 0 radical (unpaired) electrons. The molecule has 3 nitrogen and oxygen atoms in total. The van der Waals surface area contributed by atoms with Gasteiger partial charge in [-0.2, -0.15) is 10.5 Å². The van der Waals surface area contributed by atoms with Gasteiger partial charge in [-0.15, -0.1) is 0 Å². The van der Waals surface area contributed by atoms with Gasteiger partial charge in [-0.25, -0.2) is 0 Å². The molecule has 27 heavy (non-hydrogen) atoms. The molecule has 134 valence electrons. The second-order valence-electron chi connectivity index (χ2n) is 5.68. The van der Waals surface area contributed by atoms with Crippen LogP contribution in [-0.2, 0) is 13.5 Å². The van der Waals surface area contributed by atoms with E-state index in [0.29, 0.717) is 22.0 Å². The Hall–Kier alpha value is -2.98. The van der Waals surface area contributed by atoms with Crippen molar-refractivity contribution in [2.24, 2.45) is 7.05 Å². The highest BCUT2D eigenvalue weighted by molar-refractivity contribution is 6.30. The maximum atomic E-state index is 9.18. The predicted molar refractivity (Wildman–Crippen MR) is 111 cm³/mol. The first-order valence-corrected chi connectivity index (χ1v) is 8.89. The highest BCUT2D eigenvalue weighted by Gasteiger charge is 2.02. The van der Waals surface area contributed by atoms with E-state index in [0.717, 1.165) is 16.8 Å². The molecule has 0 bridgehead atoms. The minimum atomic E-state index is 0.456. The zero-order valence-corrected chi connectivity index (χ0v) is 16.2. The number of rotatable bonds is 3. The number of aromatic nitrogens is 1. The number of allylic oxidation sites excluding steroid dienone is 1. The largest absolute Gasteiger partial charge is 0.351 e. The smallest absolute Gasteiger partial charge is 0.0998 e. The maximum Gasteiger partial charge on any atom is 0.0998 e. The molecule has 0 spiro atoms. The van der Waals surface area contributed by atoms with E-state index < -0.39 is 0 Å². The zero-order valence-electron chi connectivity index (χ0n) is 14.7. The van der Waals surface area contributed by atoms with E-state index >= 15 is 0 Å². The Labute approximate surface area is 169 Å². The molecule has 5 heteroatoms. The average molecular weight is 394 g/mol. The highest BCUT2D eigenvalue weighted by atomic mass is 35.5. The summed E-state index contributed by atoms with van der Waals surface area (Å²) in [6.45, 7) is 0. The van der Waals surface area contributed by atoms with Crippen molar-refractivity contribution < 1.29 is 0 Å². The molecule has 0 aliphatic carbocycles. The Balaban J connectivity index is 0.000000223. The third kappa shape index (κ3) is 6.35. The summed E-state index contributed by atoms with van der Waals surface area (Å²) in [6.07, 6.45) is 4.27. The number of benzene rings is 2. The molecule has 0 unspecified atom stereocenters. The first-order valence-electron chi connectivity index (χ1n) is 8.14. The van der Waals surface area contributed by atoms with Gasteiger partial charge in [0.1, 0.15) is 0 Å². The number of nitrogens with zero attached hydrogens (tertiary/aromatic N) is 3. The molecule has 2 aromatic carbocycles. The number of aryl methyl sites for hydroxylation is 1. The van der Waals surface area contributed by atoms with E-state index in [-0.39, 0.29) is 0 Å². The number of hydrogen-bond donors (Lipinski definition) is 0. The van der Waals surface area contributed by atoms with Crippen LogP contribution in [0, 0.1) is 22.7 Å². The molecule has 0 fully saturated rings. The standard InChI is InChI=1S/C14H11ClN2.C8H6ClN/c1-17-8-2-3-14(17)9-12(10-16)11-4-6-13(15)7-5-11;9-8-3-1-7(2-4-8)5-6-10/h2-9H,1H3;1-4H,5H2/b12-9+;. The lowest BCUT2D eigenvalue weighted by Gasteiger charge is -2.01. The van der Waals surface area contributed by atoms with Crippen LogP contribution in [0.5, 0.6) is 0 Å². The quantitative estimate of drug-likeness (QED) is 0.501. The molecule has 0 amide bonds. The highest BCUT2D eigenvalue weighted by Crippen LogP contribution is 2.19. The minimum Gasteiger partial charge on any atom is -0.351 e. The van der Waals surface area contributed by atoms with Crippen molar-refractivity contribution in [2.75, 3.05) is 0 Å². The van der Waals surface area contributed by atoms with E-state index in [4.69, 9.17) is 28.5 Å². The van der Waals surface area contributed by atoms with Crippen LogP contribution >= 0.6 is 23.2 Å². The molecule has 0 saturated heterocycles. The fourth-order valence-electron chi connectivity index (χ4n) is 2.28. The molecule has 1 aromatic heterocycles. The van der Waals surface area contributed by atoms with Gasteiger partial charge in [0.25, 0.3) is 0 Å². The first-order chi connectivity index (χ1) is 13.0. The molecule has 0 saturated carbocycles. The number of halogens is 2. The third-order valence-corrected chi connectivity index (χ3v) is 4.25. The second kappa shape index (κ2) is 10.2. The fourth-order valence-corrected chi connectivity index (χ4v) is 2.53.